The maximum Gasteiger partial charge on any atom is 0.311 e. The van der Waals surface area contributed by atoms with Gasteiger partial charge in [0.25, 0.3) is 17.5 Å². The van der Waals surface area contributed by atoms with Gasteiger partial charge in [0.05, 0.1) is 21.4 Å². The lowest BCUT2D eigenvalue weighted by Crippen LogP contribution is -2.43. The van der Waals surface area contributed by atoms with Gasteiger partial charge >= 0.3 is 5.97 Å². The third-order valence-corrected chi connectivity index (χ3v) is 6.07. The summed E-state index contributed by atoms with van der Waals surface area (Å²) in [5.74, 6) is -1.69. The molecule has 0 aliphatic carbocycles. The van der Waals surface area contributed by atoms with Crippen molar-refractivity contribution in [2.45, 2.75) is 12.8 Å². The number of hydrogen-bond acceptors (Lipinski definition) is 7. The van der Waals surface area contributed by atoms with E-state index in [1.165, 1.54) is 29.5 Å². The van der Waals surface area contributed by atoms with Gasteiger partial charge in [-0.05, 0) is 46.3 Å². The van der Waals surface area contributed by atoms with Crippen molar-refractivity contribution in [3.63, 3.8) is 0 Å². The molecule has 1 unspecified atom stereocenters. The van der Waals surface area contributed by atoms with Gasteiger partial charge in [-0.3, -0.25) is 24.5 Å². The Morgan fingerprint density at radius 2 is 2.13 bits per heavy atom. The fourth-order valence-electron chi connectivity index (χ4n) is 3.07. The highest BCUT2D eigenvalue weighted by Gasteiger charge is 2.30. The third-order valence-electron chi connectivity index (χ3n) is 4.56. The van der Waals surface area contributed by atoms with Crippen LogP contribution in [-0.4, -0.2) is 47.3 Å². The summed E-state index contributed by atoms with van der Waals surface area (Å²) in [6.45, 7) is 0.345. The Bertz CT molecular complexity index is 965. The van der Waals surface area contributed by atoms with E-state index < -0.39 is 29.3 Å². The van der Waals surface area contributed by atoms with Gasteiger partial charge < -0.3 is 15.0 Å². The van der Waals surface area contributed by atoms with E-state index in [4.69, 9.17) is 4.74 Å². The van der Waals surface area contributed by atoms with Gasteiger partial charge in [0, 0.05) is 29.7 Å². The monoisotopic (exact) mass is 495 g/mol. The van der Waals surface area contributed by atoms with Crippen LogP contribution in [0.1, 0.15) is 22.5 Å². The molecule has 0 radical (unpaired) electrons. The van der Waals surface area contributed by atoms with Crippen LogP contribution < -0.4 is 5.32 Å². The van der Waals surface area contributed by atoms with E-state index in [2.05, 4.69) is 21.2 Å². The highest BCUT2D eigenvalue weighted by molar-refractivity contribution is 9.10. The summed E-state index contributed by atoms with van der Waals surface area (Å²) < 4.78 is 5.47. The summed E-state index contributed by atoms with van der Waals surface area (Å²) >= 11 is 4.51. The molecule has 1 aliphatic rings. The molecule has 11 heteroatoms. The minimum Gasteiger partial charge on any atom is -0.455 e. The van der Waals surface area contributed by atoms with Crippen LogP contribution in [0, 0.1) is 16.0 Å². The molecule has 1 aromatic heterocycles. The first-order valence-electron chi connectivity index (χ1n) is 9.08. The van der Waals surface area contributed by atoms with Crippen molar-refractivity contribution in [2.24, 2.45) is 5.92 Å². The van der Waals surface area contributed by atoms with Crippen LogP contribution in [0.25, 0.3) is 0 Å². The number of nitrogens with one attached hydrogen (secondary N) is 1. The van der Waals surface area contributed by atoms with Crippen molar-refractivity contribution in [3.05, 3.63) is 55.2 Å². The molecular formula is C19H18BrN3O6S. The van der Waals surface area contributed by atoms with Gasteiger partial charge in [-0.2, -0.15) is 0 Å². The van der Waals surface area contributed by atoms with Crippen LogP contribution in [-0.2, 0) is 14.3 Å². The summed E-state index contributed by atoms with van der Waals surface area (Å²) in [4.78, 5) is 49.4. The molecule has 0 saturated carbocycles. The Morgan fingerprint density at radius 1 is 1.33 bits per heavy atom. The maximum atomic E-state index is 12.5. The van der Waals surface area contributed by atoms with Crippen molar-refractivity contribution in [1.29, 1.82) is 0 Å². The summed E-state index contributed by atoms with van der Waals surface area (Å²) in [6.07, 6.45) is 1.27. The van der Waals surface area contributed by atoms with Gasteiger partial charge in [0.1, 0.15) is 0 Å². The zero-order valence-electron chi connectivity index (χ0n) is 15.7. The van der Waals surface area contributed by atoms with Crippen LogP contribution >= 0.6 is 27.3 Å². The van der Waals surface area contributed by atoms with Crippen molar-refractivity contribution < 1.29 is 24.0 Å². The number of thiophene rings is 1. The Morgan fingerprint density at radius 3 is 2.80 bits per heavy atom. The molecule has 2 aromatic rings. The summed E-state index contributed by atoms with van der Waals surface area (Å²) in [5.41, 5.74) is 0.206. The second-order valence-corrected chi connectivity index (χ2v) is 8.45. The molecule has 0 spiro atoms. The number of piperidine rings is 1. The van der Waals surface area contributed by atoms with Crippen LogP contribution in [0.5, 0.6) is 0 Å². The van der Waals surface area contributed by atoms with Crippen LogP contribution in [0.3, 0.4) is 0 Å². The maximum absolute atomic E-state index is 12.5. The number of esters is 1. The zero-order chi connectivity index (χ0) is 21.7. The quantitative estimate of drug-likeness (QED) is 0.372. The number of non-ortho nitro benzene ring substituents is 1. The van der Waals surface area contributed by atoms with Gasteiger partial charge in [-0.15, -0.1) is 11.3 Å². The Labute approximate surface area is 184 Å². The third kappa shape index (κ3) is 5.42. The number of likely N-dealkylation sites (tertiary alicyclic amines) is 1. The van der Waals surface area contributed by atoms with E-state index in [-0.39, 0.29) is 18.1 Å². The molecular weight excluding hydrogens is 478 g/mol. The van der Waals surface area contributed by atoms with E-state index >= 15 is 0 Å². The van der Waals surface area contributed by atoms with E-state index in [9.17, 15) is 24.5 Å². The SMILES string of the molecule is O=C(COC(=O)C1CCCN(C(=O)c2cccs2)C1)Nc1ccc([N+](=O)[O-])cc1Br. The van der Waals surface area contributed by atoms with Crippen LogP contribution in [0.2, 0.25) is 0 Å². The number of ether oxygens (including phenoxy) is 1. The molecule has 158 valence electrons. The largest absolute Gasteiger partial charge is 0.455 e. The van der Waals surface area contributed by atoms with E-state index in [0.717, 1.165) is 0 Å². The van der Waals surface area contributed by atoms with Crippen molar-refractivity contribution in [1.82, 2.24) is 4.90 Å². The first-order chi connectivity index (χ1) is 14.3. The zero-order valence-corrected chi connectivity index (χ0v) is 18.1. The number of amides is 2. The number of halogens is 1. The van der Waals surface area contributed by atoms with Crippen molar-refractivity contribution >= 4 is 56.4 Å². The van der Waals surface area contributed by atoms with Gasteiger partial charge in [0.15, 0.2) is 6.61 Å². The average Bonchev–Trinajstić information content (AvgIpc) is 3.27. The summed E-state index contributed by atoms with van der Waals surface area (Å²) in [6, 6.07) is 7.46. The minimum absolute atomic E-state index is 0.108. The standard InChI is InChI=1S/C19H18BrN3O6S/c20-14-9-13(23(27)28)5-6-15(14)21-17(24)11-29-19(26)12-3-1-7-22(10-12)18(25)16-4-2-8-30-16/h2,4-6,8-9,12H,1,3,7,10-11H2,(H,21,24). The van der Waals surface area contributed by atoms with E-state index in [1.54, 1.807) is 17.0 Å². The normalized spacial score (nSPS) is 16.0. The van der Waals surface area contributed by atoms with E-state index in [1.807, 2.05) is 5.38 Å². The highest BCUT2D eigenvalue weighted by atomic mass is 79.9. The lowest BCUT2D eigenvalue weighted by atomic mass is 9.98. The number of nitrogens with zero attached hydrogens (tertiary/aromatic N) is 2. The summed E-state index contributed by atoms with van der Waals surface area (Å²) in [5, 5.41) is 15.1. The first-order valence-corrected chi connectivity index (χ1v) is 10.8. The molecule has 0 bridgehead atoms. The lowest BCUT2D eigenvalue weighted by molar-refractivity contribution is -0.384. The van der Waals surface area contributed by atoms with Crippen LogP contribution in [0.15, 0.2) is 40.2 Å². The fraction of sp³-hybridized carbons (Fsp3) is 0.316. The molecule has 9 nitrogen and oxygen atoms in total. The molecule has 1 fully saturated rings. The predicted molar refractivity (Wildman–Crippen MR) is 113 cm³/mol. The van der Waals surface area contributed by atoms with Crippen molar-refractivity contribution in [3.8, 4) is 0 Å². The van der Waals surface area contributed by atoms with Crippen LogP contribution in [0.4, 0.5) is 11.4 Å². The van der Waals surface area contributed by atoms with Crippen molar-refractivity contribution in [2.75, 3.05) is 25.0 Å². The number of carbonyl (C=O) groups is 3. The number of carbonyl (C=O) groups excluding carboxylic acids is 3. The summed E-state index contributed by atoms with van der Waals surface area (Å²) in [7, 11) is 0. The second kappa shape index (κ2) is 9.81. The number of rotatable bonds is 6. The number of nitro groups is 1. The number of benzene rings is 1. The lowest BCUT2D eigenvalue weighted by Gasteiger charge is -2.31. The Balaban J connectivity index is 1.50. The predicted octanol–water partition coefficient (Wildman–Crippen LogP) is 3.45. The van der Waals surface area contributed by atoms with Gasteiger partial charge in [0.2, 0.25) is 0 Å². The Hall–Kier alpha value is -2.79. The van der Waals surface area contributed by atoms with E-state index in [0.29, 0.717) is 34.4 Å². The molecule has 30 heavy (non-hydrogen) atoms. The Kier molecular flexibility index (Phi) is 7.16. The topological polar surface area (TPSA) is 119 Å². The second-order valence-electron chi connectivity index (χ2n) is 6.64. The number of hydrogen-bond donors (Lipinski definition) is 1. The molecule has 1 N–H and O–H groups in total. The van der Waals surface area contributed by atoms with Gasteiger partial charge in [-0.1, -0.05) is 6.07 Å². The molecule has 1 saturated heterocycles. The minimum atomic E-state index is -0.569. The smallest absolute Gasteiger partial charge is 0.311 e. The molecule has 2 amide bonds. The number of anilines is 1. The number of nitro benzene ring substituents is 1. The highest BCUT2D eigenvalue weighted by Crippen LogP contribution is 2.27. The molecule has 3 rings (SSSR count). The molecule has 1 atom stereocenters. The molecule has 1 aliphatic heterocycles. The van der Waals surface area contributed by atoms with Gasteiger partial charge in [-0.25, -0.2) is 0 Å². The fourth-order valence-corrected chi connectivity index (χ4v) is 4.23. The molecule has 1 aromatic carbocycles. The molecule has 2 heterocycles. The average molecular weight is 496 g/mol. The first kappa shape index (κ1) is 21.9.